The van der Waals surface area contributed by atoms with E-state index >= 15 is 0 Å². The summed E-state index contributed by atoms with van der Waals surface area (Å²) in [6.07, 6.45) is -0.613. The molecule has 11 heavy (non-hydrogen) atoms. The summed E-state index contributed by atoms with van der Waals surface area (Å²) in [7, 11) is 0. The maximum absolute atomic E-state index is 10.7. The zero-order valence-electron chi connectivity index (χ0n) is 6.07. The van der Waals surface area contributed by atoms with E-state index in [2.05, 4.69) is 0 Å². The van der Waals surface area contributed by atoms with Crippen LogP contribution in [-0.4, -0.2) is 11.0 Å². The molecule has 0 radical (unpaired) electrons. The molecule has 3 N–H and O–H groups in total. The standard InChI is InChI=1S/C7H9NO2S/c1-4(9)6-5(7(8)10)2-3-11-6/h2-4,9H,1H3,(H2,8,10). The number of carbonyl (C=O) groups excluding carboxylic acids is 1. The van der Waals surface area contributed by atoms with Gasteiger partial charge in [0.1, 0.15) is 0 Å². The molecule has 1 aromatic heterocycles. The molecule has 1 atom stereocenters. The summed E-state index contributed by atoms with van der Waals surface area (Å²) in [6, 6.07) is 1.62. The third-order valence-electron chi connectivity index (χ3n) is 1.34. The highest BCUT2D eigenvalue weighted by molar-refractivity contribution is 7.10. The summed E-state index contributed by atoms with van der Waals surface area (Å²) in [4.78, 5) is 11.3. The first-order valence-corrected chi connectivity index (χ1v) is 4.06. The second-order valence-corrected chi connectivity index (χ2v) is 3.19. The SMILES string of the molecule is CC(O)c1sccc1C(N)=O. The Hall–Kier alpha value is -0.870. The zero-order valence-corrected chi connectivity index (χ0v) is 6.89. The fourth-order valence-electron chi connectivity index (χ4n) is 0.848. The van der Waals surface area contributed by atoms with Crippen LogP contribution in [0.1, 0.15) is 28.3 Å². The number of nitrogens with two attached hydrogens (primary N) is 1. The van der Waals surface area contributed by atoms with E-state index in [4.69, 9.17) is 10.8 Å². The monoisotopic (exact) mass is 171 g/mol. The summed E-state index contributed by atoms with van der Waals surface area (Å²) in [5, 5.41) is 10.9. The van der Waals surface area contributed by atoms with E-state index in [9.17, 15) is 4.79 Å². The number of hydrogen-bond acceptors (Lipinski definition) is 3. The average molecular weight is 171 g/mol. The van der Waals surface area contributed by atoms with E-state index in [1.54, 1.807) is 18.4 Å². The van der Waals surface area contributed by atoms with Crippen LogP contribution in [0.4, 0.5) is 0 Å². The topological polar surface area (TPSA) is 63.3 Å². The van der Waals surface area contributed by atoms with Crippen LogP contribution >= 0.6 is 11.3 Å². The maximum atomic E-state index is 10.7. The predicted octanol–water partition coefficient (Wildman–Crippen LogP) is 0.900. The van der Waals surface area contributed by atoms with Gasteiger partial charge >= 0.3 is 0 Å². The van der Waals surface area contributed by atoms with Gasteiger partial charge in [0.15, 0.2) is 0 Å². The molecule has 0 aromatic carbocycles. The molecule has 0 aliphatic heterocycles. The number of rotatable bonds is 2. The van der Waals surface area contributed by atoms with Crippen LogP contribution in [0.15, 0.2) is 11.4 Å². The van der Waals surface area contributed by atoms with Crippen LogP contribution in [0.5, 0.6) is 0 Å². The Morgan fingerprint density at radius 2 is 2.45 bits per heavy atom. The highest BCUT2D eigenvalue weighted by Crippen LogP contribution is 2.23. The molecule has 1 amide bonds. The van der Waals surface area contributed by atoms with Gasteiger partial charge in [0.05, 0.1) is 11.7 Å². The van der Waals surface area contributed by atoms with Crippen molar-refractivity contribution in [2.75, 3.05) is 0 Å². The minimum Gasteiger partial charge on any atom is -0.388 e. The number of hydrogen-bond donors (Lipinski definition) is 2. The lowest BCUT2D eigenvalue weighted by Crippen LogP contribution is -2.12. The first kappa shape index (κ1) is 8.23. The van der Waals surface area contributed by atoms with Gasteiger partial charge in [-0.15, -0.1) is 11.3 Å². The third-order valence-corrected chi connectivity index (χ3v) is 2.43. The Labute approximate surface area is 68.5 Å². The molecule has 0 aliphatic carbocycles. The summed E-state index contributed by atoms with van der Waals surface area (Å²) < 4.78 is 0. The number of carbonyl (C=O) groups is 1. The minimum atomic E-state index is -0.613. The van der Waals surface area contributed by atoms with Crippen molar-refractivity contribution in [2.45, 2.75) is 13.0 Å². The summed E-state index contributed by atoms with van der Waals surface area (Å²) in [6.45, 7) is 1.61. The molecule has 1 aromatic rings. The summed E-state index contributed by atoms with van der Waals surface area (Å²) in [5.41, 5.74) is 5.47. The molecule has 0 saturated heterocycles. The number of amides is 1. The first-order chi connectivity index (χ1) is 5.13. The average Bonchev–Trinajstić information content (AvgIpc) is 2.32. The van der Waals surface area contributed by atoms with Crippen molar-refractivity contribution in [1.82, 2.24) is 0 Å². The molecular weight excluding hydrogens is 162 g/mol. The Balaban J connectivity index is 3.06. The van der Waals surface area contributed by atoms with Crippen LogP contribution in [0.2, 0.25) is 0 Å². The second-order valence-electron chi connectivity index (χ2n) is 2.24. The van der Waals surface area contributed by atoms with Crippen LogP contribution < -0.4 is 5.73 Å². The smallest absolute Gasteiger partial charge is 0.249 e. The van der Waals surface area contributed by atoms with E-state index in [1.165, 1.54) is 11.3 Å². The van der Waals surface area contributed by atoms with Crippen molar-refractivity contribution in [1.29, 1.82) is 0 Å². The van der Waals surface area contributed by atoms with Gasteiger partial charge in [-0.25, -0.2) is 0 Å². The largest absolute Gasteiger partial charge is 0.388 e. The van der Waals surface area contributed by atoms with Crippen LogP contribution in [-0.2, 0) is 0 Å². The Bertz CT molecular complexity index is 267. The lowest BCUT2D eigenvalue weighted by atomic mass is 10.2. The normalized spacial score (nSPS) is 12.9. The van der Waals surface area contributed by atoms with Crippen molar-refractivity contribution in [3.05, 3.63) is 21.9 Å². The van der Waals surface area contributed by atoms with Gasteiger partial charge in [-0.3, -0.25) is 4.79 Å². The van der Waals surface area contributed by atoms with Crippen LogP contribution in [0.25, 0.3) is 0 Å². The maximum Gasteiger partial charge on any atom is 0.249 e. The number of thiophene rings is 1. The molecule has 0 fully saturated rings. The highest BCUT2D eigenvalue weighted by Gasteiger charge is 2.12. The fourth-order valence-corrected chi connectivity index (χ4v) is 1.69. The summed E-state index contributed by atoms with van der Waals surface area (Å²) >= 11 is 1.34. The van der Waals surface area contributed by atoms with Gasteiger partial charge in [0.2, 0.25) is 5.91 Å². The molecule has 1 unspecified atom stereocenters. The van der Waals surface area contributed by atoms with Gasteiger partial charge in [-0.1, -0.05) is 0 Å². The lowest BCUT2D eigenvalue weighted by molar-refractivity contribution is 0.0995. The molecule has 0 bridgehead atoms. The first-order valence-electron chi connectivity index (χ1n) is 3.18. The summed E-state index contributed by atoms with van der Waals surface area (Å²) in [5.74, 6) is -0.484. The second kappa shape index (κ2) is 3.02. The van der Waals surface area contributed by atoms with Gasteiger partial charge in [0, 0.05) is 4.88 Å². The highest BCUT2D eigenvalue weighted by atomic mass is 32.1. The number of aliphatic hydroxyl groups is 1. The lowest BCUT2D eigenvalue weighted by Gasteiger charge is -2.01. The Kier molecular flexibility index (Phi) is 2.26. The van der Waals surface area contributed by atoms with E-state index in [0.717, 1.165) is 0 Å². The van der Waals surface area contributed by atoms with Gasteiger partial charge < -0.3 is 10.8 Å². The molecular formula is C7H9NO2S. The third kappa shape index (κ3) is 1.58. The van der Waals surface area contributed by atoms with Crippen molar-refractivity contribution in [2.24, 2.45) is 5.73 Å². The number of aliphatic hydroxyl groups excluding tert-OH is 1. The molecule has 3 nitrogen and oxygen atoms in total. The van der Waals surface area contributed by atoms with E-state index in [1.807, 2.05) is 0 Å². The molecule has 0 aliphatic rings. The molecule has 60 valence electrons. The van der Waals surface area contributed by atoms with Gasteiger partial charge in [-0.2, -0.15) is 0 Å². The quantitative estimate of drug-likeness (QED) is 0.694. The van der Waals surface area contributed by atoms with Gasteiger partial charge in [-0.05, 0) is 18.4 Å². The van der Waals surface area contributed by atoms with E-state index < -0.39 is 12.0 Å². The molecule has 1 rings (SSSR count). The molecule has 0 saturated carbocycles. The molecule has 0 spiro atoms. The van der Waals surface area contributed by atoms with Crippen LogP contribution in [0.3, 0.4) is 0 Å². The molecule has 4 heteroatoms. The van der Waals surface area contributed by atoms with Crippen molar-refractivity contribution in [3.63, 3.8) is 0 Å². The van der Waals surface area contributed by atoms with E-state index in [0.29, 0.717) is 10.4 Å². The predicted molar refractivity (Wildman–Crippen MR) is 43.5 cm³/mol. The fraction of sp³-hybridized carbons (Fsp3) is 0.286. The minimum absolute atomic E-state index is 0.421. The van der Waals surface area contributed by atoms with Crippen molar-refractivity contribution < 1.29 is 9.90 Å². The van der Waals surface area contributed by atoms with Crippen molar-refractivity contribution in [3.8, 4) is 0 Å². The van der Waals surface area contributed by atoms with E-state index in [-0.39, 0.29) is 0 Å². The van der Waals surface area contributed by atoms with Crippen LogP contribution in [0, 0.1) is 0 Å². The van der Waals surface area contributed by atoms with Crippen molar-refractivity contribution >= 4 is 17.2 Å². The zero-order chi connectivity index (χ0) is 8.43. The Morgan fingerprint density at radius 3 is 2.82 bits per heavy atom. The number of primary amides is 1. The van der Waals surface area contributed by atoms with Gasteiger partial charge in [0.25, 0.3) is 0 Å². The molecule has 1 heterocycles. The Morgan fingerprint density at radius 1 is 1.82 bits per heavy atom.